The lowest BCUT2D eigenvalue weighted by Crippen LogP contribution is -2.02. The fourth-order valence-corrected chi connectivity index (χ4v) is 2.48. The second-order valence-corrected chi connectivity index (χ2v) is 6.19. The Kier molecular flexibility index (Phi) is 4.87. The fraction of sp³-hybridized carbons (Fsp3) is 0.556. The first kappa shape index (κ1) is 15.1. The summed E-state index contributed by atoms with van der Waals surface area (Å²) in [6.45, 7) is 6.56. The molecule has 110 valence electrons. The van der Waals surface area contributed by atoms with Crippen LogP contribution in [-0.2, 0) is 11.2 Å². The van der Waals surface area contributed by atoms with Crippen molar-refractivity contribution >= 4 is 0 Å². The average Bonchev–Trinajstić information content (AvgIpc) is 3.05. The van der Waals surface area contributed by atoms with Crippen LogP contribution in [0.15, 0.2) is 35.9 Å². The van der Waals surface area contributed by atoms with Crippen molar-refractivity contribution in [2.75, 3.05) is 7.11 Å². The monoisotopic (exact) mass is 274 g/mol. The molecule has 1 aromatic rings. The zero-order valence-electron chi connectivity index (χ0n) is 13.1. The van der Waals surface area contributed by atoms with Gasteiger partial charge in [-0.15, -0.1) is 0 Å². The maximum Gasteiger partial charge on any atom is 0.118 e. The van der Waals surface area contributed by atoms with Crippen LogP contribution < -0.4 is 4.74 Å². The molecule has 1 saturated heterocycles. The summed E-state index contributed by atoms with van der Waals surface area (Å²) in [5.41, 5.74) is 2.97. The van der Waals surface area contributed by atoms with Gasteiger partial charge in [0.25, 0.3) is 0 Å². The highest BCUT2D eigenvalue weighted by Gasteiger charge is 2.46. The van der Waals surface area contributed by atoms with Crippen LogP contribution >= 0.6 is 0 Å². The van der Waals surface area contributed by atoms with Gasteiger partial charge in [0.05, 0.1) is 18.8 Å². The smallest absolute Gasteiger partial charge is 0.118 e. The van der Waals surface area contributed by atoms with E-state index in [1.807, 2.05) is 12.1 Å². The van der Waals surface area contributed by atoms with E-state index in [9.17, 15) is 0 Å². The van der Waals surface area contributed by atoms with Gasteiger partial charge in [0.15, 0.2) is 0 Å². The topological polar surface area (TPSA) is 21.8 Å². The van der Waals surface area contributed by atoms with Gasteiger partial charge in [0.1, 0.15) is 5.75 Å². The van der Waals surface area contributed by atoms with Gasteiger partial charge in [-0.05, 0) is 64.2 Å². The predicted octanol–water partition coefficient (Wildman–Crippen LogP) is 4.53. The third-order valence-corrected chi connectivity index (χ3v) is 4.05. The zero-order chi connectivity index (χ0) is 14.6. The van der Waals surface area contributed by atoms with Crippen LogP contribution in [0.5, 0.6) is 5.75 Å². The van der Waals surface area contributed by atoms with E-state index in [1.54, 1.807) is 7.11 Å². The van der Waals surface area contributed by atoms with Crippen LogP contribution in [-0.4, -0.2) is 18.8 Å². The number of allylic oxidation sites excluding steroid dienone is 2. The molecule has 1 heterocycles. The normalized spacial score (nSPS) is 20.8. The van der Waals surface area contributed by atoms with Crippen LogP contribution in [0.1, 0.15) is 45.6 Å². The van der Waals surface area contributed by atoms with Crippen LogP contribution in [0.2, 0.25) is 0 Å². The SMILES string of the molecule is COc1ccc(CCC=C(C)CCC2OC2(C)C)cc1. The van der Waals surface area contributed by atoms with Crippen LogP contribution in [0.25, 0.3) is 0 Å². The lowest BCUT2D eigenvalue weighted by atomic mass is 10.0. The molecule has 0 N–H and O–H groups in total. The molecule has 0 spiro atoms. The van der Waals surface area contributed by atoms with Crippen LogP contribution in [0.4, 0.5) is 0 Å². The summed E-state index contributed by atoms with van der Waals surface area (Å²) >= 11 is 0. The minimum Gasteiger partial charge on any atom is -0.497 e. The van der Waals surface area contributed by atoms with Crippen LogP contribution in [0.3, 0.4) is 0 Å². The van der Waals surface area contributed by atoms with Crippen molar-refractivity contribution in [1.82, 2.24) is 0 Å². The molecule has 0 saturated carbocycles. The second-order valence-electron chi connectivity index (χ2n) is 6.19. The molecule has 2 nitrogen and oxygen atoms in total. The first-order chi connectivity index (χ1) is 9.51. The van der Waals surface area contributed by atoms with Gasteiger partial charge >= 0.3 is 0 Å². The first-order valence-corrected chi connectivity index (χ1v) is 7.47. The zero-order valence-corrected chi connectivity index (χ0v) is 13.1. The maximum absolute atomic E-state index is 5.61. The Bertz CT molecular complexity index is 457. The van der Waals surface area contributed by atoms with Gasteiger partial charge in [0, 0.05) is 0 Å². The molecule has 0 aliphatic carbocycles. The highest BCUT2D eigenvalue weighted by Crippen LogP contribution is 2.38. The summed E-state index contributed by atoms with van der Waals surface area (Å²) in [4.78, 5) is 0. The molecule has 0 aromatic heterocycles. The Morgan fingerprint density at radius 2 is 1.95 bits per heavy atom. The molecule has 2 heteroatoms. The van der Waals surface area contributed by atoms with Crippen molar-refractivity contribution in [3.63, 3.8) is 0 Å². The summed E-state index contributed by atoms with van der Waals surface area (Å²) in [7, 11) is 1.70. The molecular weight excluding hydrogens is 248 g/mol. The van der Waals surface area contributed by atoms with Crippen molar-refractivity contribution in [2.45, 2.75) is 58.2 Å². The van der Waals surface area contributed by atoms with Gasteiger partial charge < -0.3 is 9.47 Å². The van der Waals surface area contributed by atoms with E-state index in [0.717, 1.165) is 31.4 Å². The lowest BCUT2D eigenvalue weighted by Gasteiger charge is -2.03. The van der Waals surface area contributed by atoms with Crippen molar-refractivity contribution in [3.8, 4) is 5.75 Å². The minimum atomic E-state index is 0.128. The third kappa shape index (κ3) is 4.38. The van der Waals surface area contributed by atoms with E-state index >= 15 is 0 Å². The Morgan fingerprint density at radius 3 is 2.50 bits per heavy atom. The molecule has 0 bridgehead atoms. The standard InChI is InChI=1S/C18H26O2/c1-14(8-13-17-18(2,3)20-17)6-5-7-15-9-11-16(19-4)12-10-15/h6,9-12,17H,5,7-8,13H2,1-4H3. The van der Waals surface area contributed by atoms with Crippen molar-refractivity contribution in [2.24, 2.45) is 0 Å². The van der Waals surface area contributed by atoms with E-state index < -0.39 is 0 Å². The molecule has 1 unspecified atom stereocenters. The molecule has 1 aromatic carbocycles. The van der Waals surface area contributed by atoms with Gasteiger partial charge in [0.2, 0.25) is 0 Å². The molecule has 1 aliphatic rings. The summed E-state index contributed by atoms with van der Waals surface area (Å²) in [5, 5.41) is 0. The van der Waals surface area contributed by atoms with Crippen molar-refractivity contribution < 1.29 is 9.47 Å². The number of methoxy groups -OCH3 is 1. The molecule has 1 fully saturated rings. The molecule has 0 amide bonds. The third-order valence-electron chi connectivity index (χ3n) is 4.05. The second kappa shape index (κ2) is 6.45. The molecule has 1 atom stereocenters. The molecule has 1 aliphatic heterocycles. The number of ether oxygens (including phenoxy) is 2. The average molecular weight is 274 g/mol. The van der Waals surface area contributed by atoms with E-state index in [4.69, 9.17) is 9.47 Å². The van der Waals surface area contributed by atoms with Gasteiger partial charge in [-0.2, -0.15) is 0 Å². The highest BCUT2D eigenvalue weighted by molar-refractivity contribution is 5.27. The van der Waals surface area contributed by atoms with E-state index in [0.29, 0.717) is 6.10 Å². The Labute approximate surface area is 122 Å². The summed E-state index contributed by atoms with van der Waals surface area (Å²) in [5.74, 6) is 0.924. The number of hydrogen-bond donors (Lipinski definition) is 0. The number of epoxide rings is 1. The molecule has 0 radical (unpaired) electrons. The minimum absolute atomic E-state index is 0.128. The highest BCUT2D eigenvalue weighted by atomic mass is 16.6. The Hall–Kier alpha value is -1.28. The molecular formula is C18H26O2. The van der Waals surface area contributed by atoms with E-state index in [1.165, 1.54) is 11.1 Å². The Balaban J connectivity index is 1.69. The lowest BCUT2D eigenvalue weighted by molar-refractivity contribution is 0.320. The summed E-state index contributed by atoms with van der Waals surface area (Å²) in [6, 6.07) is 8.34. The van der Waals surface area contributed by atoms with Gasteiger partial charge in [-0.3, -0.25) is 0 Å². The van der Waals surface area contributed by atoms with Gasteiger partial charge in [-0.25, -0.2) is 0 Å². The first-order valence-electron chi connectivity index (χ1n) is 7.47. The number of hydrogen-bond acceptors (Lipinski definition) is 2. The molecule has 2 rings (SSSR count). The number of aryl methyl sites for hydroxylation is 1. The fourth-order valence-electron chi connectivity index (χ4n) is 2.48. The van der Waals surface area contributed by atoms with Crippen molar-refractivity contribution in [1.29, 1.82) is 0 Å². The summed E-state index contributed by atoms with van der Waals surface area (Å²) < 4.78 is 10.8. The summed E-state index contributed by atoms with van der Waals surface area (Å²) in [6.07, 6.45) is 7.32. The molecule has 20 heavy (non-hydrogen) atoms. The quantitative estimate of drug-likeness (QED) is 0.538. The van der Waals surface area contributed by atoms with E-state index in [2.05, 4.69) is 39.0 Å². The maximum atomic E-state index is 5.61. The largest absolute Gasteiger partial charge is 0.497 e. The van der Waals surface area contributed by atoms with Gasteiger partial charge in [-0.1, -0.05) is 23.8 Å². The van der Waals surface area contributed by atoms with Crippen molar-refractivity contribution in [3.05, 3.63) is 41.5 Å². The Morgan fingerprint density at radius 1 is 1.30 bits per heavy atom. The number of benzene rings is 1. The van der Waals surface area contributed by atoms with E-state index in [-0.39, 0.29) is 5.60 Å². The predicted molar refractivity (Wildman–Crippen MR) is 83.3 cm³/mol. The number of rotatable bonds is 7. The van der Waals surface area contributed by atoms with Crippen LogP contribution in [0, 0.1) is 0 Å².